The molecular formula is C9H8N8S2. The lowest BCUT2D eigenvalue weighted by atomic mass is 10.8. The molecular weight excluding hydrogens is 284 g/mol. The third-order valence-corrected chi connectivity index (χ3v) is 3.79. The maximum absolute atomic E-state index is 4.33. The van der Waals surface area contributed by atoms with Crippen molar-refractivity contribution in [2.24, 2.45) is 0 Å². The van der Waals surface area contributed by atoms with Crippen molar-refractivity contribution in [3.63, 3.8) is 0 Å². The van der Waals surface area contributed by atoms with Crippen molar-refractivity contribution < 1.29 is 0 Å². The molecule has 0 unspecified atom stereocenters. The van der Waals surface area contributed by atoms with Crippen LogP contribution in [0.2, 0.25) is 0 Å². The van der Waals surface area contributed by atoms with Gasteiger partial charge in [-0.05, 0) is 11.8 Å². The second kappa shape index (κ2) is 5.28. The smallest absolute Gasteiger partial charge is 0.257 e. The second-order valence-corrected chi connectivity index (χ2v) is 5.34. The molecule has 10 heteroatoms. The number of rotatable bonds is 4. The van der Waals surface area contributed by atoms with Gasteiger partial charge in [0.25, 0.3) is 5.95 Å². The Kier molecular flexibility index (Phi) is 3.33. The van der Waals surface area contributed by atoms with Crippen LogP contribution >= 0.6 is 23.1 Å². The lowest BCUT2D eigenvalue weighted by molar-refractivity contribution is 0.761. The van der Waals surface area contributed by atoms with Crippen molar-refractivity contribution in [3.05, 3.63) is 24.2 Å². The van der Waals surface area contributed by atoms with E-state index in [1.807, 2.05) is 5.38 Å². The zero-order valence-corrected chi connectivity index (χ0v) is 11.4. The first-order valence-corrected chi connectivity index (χ1v) is 6.91. The summed E-state index contributed by atoms with van der Waals surface area (Å²) in [7, 11) is 1.75. The van der Waals surface area contributed by atoms with Crippen molar-refractivity contribution >= 4 is 29.0 Å². The van der Waals surface area contributed by atoms with Gasteiger partial charge in [0.1, 0.15) is 12.7 Å². The van der Waals surface area contributed by atoms with Crippen LogP contribution in [-0.4, -0.2) is 41.7 Å². The Labute approximate surface area is 116 Å². The molecule has 0 bridgehead atoms. The lowest BCUT2D eigenvalue weighted by Gasteiger charge is -2.04. The average molecular weight is 292 g/mol. The molecule has 19 heavy (non-hydrogen) atoms. The Bertz CT molecular complexity index is 651. The van der Waals surface area contributed by atoms with Gasteiger partial charge >= 0.3 is 0 Å². The minimum Gasteiger partial charge on any atom is -0.357 e. The fourth-order valence-corrected chi connectivity index (χ4v) is 2.73. The number of nitrogens with one attached hydrogen (secondary N) is 1. The fraction of sp³-hybridized carbons (Fsp3) is 0.111. The van der Waals surface area contributed by atoms with Crippen LogP contribution in [0, 0.1) is 0 Å². The molecule has 3 aromatic rings. The standard InChI is InChI=1S/C9H8N8S2/c1-10-6-14-7(17-5-11-4-13-17)16-8(15-6)19-9-12-2-3-18-9/h2-5H,1H3,(H,10,14,15,16). The summed E-state index contributed by atoms with van der Waals surface area (Å²) >= 11 is 2.91. The third kappa shape index (κ3) is 2.69. The Morgan fingerprint density at radius 2 is 2.26 bits per heavy atom. The molecule has 0 aliphatic heterocycles. The predicted octanol–water partition coefficient (Wildman–Crippen LogP) is 1.10. The van der Waals surface area contributed by atoms with E-state index in [9.17, 15) is 0 Å². The molecule has 1 N–H and O–H groups in total. The molecule has 3 aromatic heterocycles. The van der Waals surface area contributed by atoms with E-state index < -0.39 is 0 Å². The summed E-state index contributed by atoms with van der Waals surface area (Å²) in [4.78, 5) is 20.9. The highest BCUT2D eigenvalue weighted by molar-refractivity contribution is 8.00. The summed E-state index contributed by atoms with van der Waals surface area (Å²) in [5.74, 6) is 0.885. The van der Waals surface area contributed by atoms with Crippen molar-refractivity contribution in [2.45, 2.75) is 9.50 Å². The number of thiazole rings is 1. The van der Waals surface area contributed by atoms with E-state index in [1.54, 1.807) is 13.2 Å². The zero-order valence-electron chi connectivity index (χ0n) is 9.76. The van der Waals surface area contributed by atoms with Crippen LogP contribution in [0.3, 0.4) is 0 Å². The van der Waals surface area contributed by atoms with Crippen LogP contribution in [0.1, 0.15) is 0 Å². The maximum Gasteiger partial charge on any atom is 0.257 e. The van der Waals surface area contributed by atoms with Gasteiger partial charge in [-0.1, -0.05) is 0 Å². The molecule has 0 aliphatic carbocycles. The first-order valence-electron chi connectivity index (χ1n) is 5.21. The first-order chi connectivity index (χ1) is 9.35. The molecule has 3 rings (SSSR count). The number of anilines is 1. The predicted molar refractivity (Wildman–Crippen MR) is 70.5 cm³/mol. The van der Waals surface area contributed by atoms with E-state index in [-0.39, 0.29) is 0 Å². The van der Waals surface area contributed by atoms with Crippen LogP contribution < -0.4 is 5.32 Å². The Balaban J connectivity index is 1.98. The zero-order chi connectivity index (χ0) is 13.1. The molecule has 0 spiro atoms. The van der Waals surface area contributed by atoms with Crippen molar-refractivity contribution in [1.82, 2.24) is 34.7 Å². The van der Waals surface area contributed by atoms with Crippen LogP contribution in [0.25, 0.3) is 5.95 Å². The quantitative estimate of drug-likeness (QED) is 0.764. The van der Waals surface area contributed by atoms with Gasteiger partial charge < -0.3 is 5.32 Å². The molecule has 0 aliphatic rings. The van der Waals surface area contributed by atoms with Crippen LogP contribution in [0.15, 0.2) is 33.7 Å². The van der Waals surface area contributed by atoms with Crippen molar-refractivity contribution in [1.29, 1.82) is 0 Å². The summed E-state index contributed by atoms with van der Waals surface area (Å²) in [5, 5.41) is 9.36. The Hall–Kier alpha value is -2.07. The van der Waals surface area contributed by atoms with Crippen LogP contribution in [-0.2, 0) is 0 Å². The van der Waals surface area contributed by atoms with E-state index in [0.717, 1.165) is 4.34 Å². The highest BCUT2D eigenvalue weighted by atomic mass is 32.2. The molecule has 0 radical (unpaired) electrons. The van der Waals surface area contributed by atoms with Crippen molar-refractivity contribution in [3.8, 4) is 5.95 Å². The van der Waals surface area contributed by atoms with Gasteiger partial charge in [0, 0.05) is 18.6 Å². The van der Waals surface area contributed by atoms with E-state index in [1.165, 1.54) is 40.4 Å². The summed E-state index contributed by atoms with van der Waals surface area (Å²) in [6.07, 6.45) is 4.70. The van der Waals surface area contributed by atoms with Gasteiger partial charge in [-0.15, -0.1) is 11.3 Å². The van der Waals surface area contributed by atoms with Crippen molar-refractivity contribution in [2.75, 3.05) is 12.4 Å². The van der Waals surface area contributed by atoms with Gasteiger partial charge in [-0.3, -0.25) is 0 Å². The van der Waals surface area contributed by atoms with Crippen LogP contribution in [0.5, 0.6) is 0 Å². The van der Waals surface area contributed by atoms with Gasteiger partial charge in [0.15, 0.2) is 4.34 Å². The van der Waals surface area contributed by atoms with E-state index >= 15 is 0 Å². The molecule has 3 heterocycles. The third-order valence-electron chi connectivity index (χ3n) is 2.04. The van der Waals surface area contributed by atoms with E-state index in [0.29, 0.717) is 17.1 Å². The number of nitrogens with zero attached hydrogens (tertiary/aromatic N) is 7. The largest absolute Gasteiger partial charge is 0.357 e. The molecule has 96 valence electrons. The van der Waals surface area contributed by atoms with Gasteiger partial charge in [0.2, 0.25) is 11.1 Å². The molecule has 0 fully saturated rings. The van der Waals surface area contributed by atoms with Crippen LogP contribution in [0.4, 0.5) is 5.95 Å². The normalized spacial score (nSPS) is 10.6. The summed E-state index contributed by atoms with van der Waals surface area (Å²) in [5.41, 5.74) is 0. The Morgan fingerprint density at radius 1 is 1.32 bits per heavy atom. The SMILES string of the molecule is CNc1nc(Sc2nccs2)nc(-n2cncn2)n1. The second-order valence-electron chi connectivity index (χ2n) is 3.23. The molecule has 0 saturated heterocycles. The molecule has 0 saturated carbocycles. The topological polar surface area (TPSA) is 94.3 Å². The molecule has 0 atom stereocenters. The molecule has 0 aromatic carbocycles. The highest BCUT2D eigenvalue weighted by Gasteiger charge is 2.10. The molecule has 8 nitrogen and oxygen atoms in total. The minimum atomic E-state index is 0.413. The van der Waals surface area contributed by atoms with E-state index in [2.05, 4.69) is 35.3 Å². The van der Waals surface area contributed by atoms with Gasteiger partial charge in [-0.25, -0.2) is 9.97 Å². The first kappa shape index (κ1) is 12.0. The lowest BCUT2D eigenvalue weighted by Crippen LogP contribution is -2.07. The van der Waals surface area contributed by atoms with Gasteiger partial charge in [-0.2, -0.15) is 24.7 Å². The summed E-state index contributed by atoms with van der Waals surface area (Å²) < 4.78 is 2.35. The maximum atomic E-state index is 4.33. The number of hydrogen-bond acceptors (Lipinski definition) is 9. The fourth-order valence-electron chi connectivity index (χ4n) is 1.26. The number of aromatic nitrogens is 7. The summed E-state index contributed by atoms with van der Waals surface area (Å²) in [6, 6.07) is 0. The molecule has 0 amide bonds. The Morgan fingerprint density at radius 3 is 2.95 bits per heavy atom. The monoisotopic (exact) mass is 292 g/mol. The van der Waals surface area contributed by atoms with Gasteiger partial charge in [0.05, 0.1) is 0 Å². The number of hydrogen-bond donors (Lipinski definition) is 1. The summed E-state index contributed by atoms with van der Waals surface area (Å²) in [6.45, 7) is 0. The minimum absolute atomic E-state index is 0.413. The average Bonchev–Trinajstić information content (AvgIpc) is 3.11. The van der Waals surface area contributed by atoms with E-state index in [4.69, 9.17) is 0 Å². The highest BCUT2D eigenvalue weighted by Crippen LogP contribution is 2.26.